The third kappa shape index (κ3) is 8.54. The highest BCUT2D eigenvalue weighted by atomic mass is 16.6. The first-order valence-electron chi connectivity index (χ1n) is 14.7. The van der Waals surface area contributed by atoms with Gasteiger partial charge in [0.1, 0.15) is 6.61 Å². The Morgan fingerprint density at radius 1 is 1.00 bits per heavy atom. The Kier molecular flexibility index (Phi) is 11.7. The number of ether oxygens (including phenoxy) is 2. The number of hydrazine groups is 1. The molecule has 1 unspecified atom stereocenters. The Balaban J connectivity index is 0.000000345. The molecule has 244 valence electrons. The normalized spacial score (nSPS) is 14.2. The predicted octanol–water partition coefficient (Wildman–Crippen LogP) is 4.59. The number of nitro benzene ring substituents is 1. The molecule has 4 N–H and O–H groups in total. The number of nitrogen functional groups attached to an aromatic ring is 1. The molecular formula is C34H37N7O6. The molecule has 0 amide bonds. The fraction of sp³-hybridized carbons (Fsp3) is 0.235. The largest absolute Gasteiger partial charge is 0.466 e. The van der Waals surface area contributed by atoms with Crippen molar-refractivity contribution in [3.05, 3.63) is 129 Å². The van der Waals surface area contributed by atoms with Gasteiger partial charge in [0.25, 0.3) is 5.69 Å². The van der Waals surface area contributed by atoms with E-state index in [-0.39, 0.29) is 23.4 Å². The summed E-state index contributed by atoms with van der Waals surface area (Å²) in [4.78, 5) is 38.8. The summed E-state index contributed by atoms with van der Waals surface area (Å²) in [6.07, 6.45) is 1.70. The Hall–Kier alpha value is -5.66. The minimum atomic E-state index is -0.877. The minimum absolute atomic E-state index is 0.136. The number of dihydropyridines is 1. The van der Waals surface area contributed by atoms with Crippen LogP contribution in [0.25, 0.3) is 10.8 Å². The number of nitrogens with zero attached hydrogens (tertiary/aromatic N) is 4. The van der Waals surface area contributed by atoms with E-state index >= 15 is 0 Å². The molecule has 0 saturated carbocycles. The van der Waals surface area contributed by atoms with Gasteiger partial charge in [-0.1, -0.05) is 66.7 Å². The van der Waals surface area contributed by atoms with Crippen LogP contribution in [-0.4, -0.2) is 59.3 Å². The average molecular weight is 640 g/mol. The van der Waals surface area contributed by atoms with Gasteiger partial charge in [0.15, 0.2) is 5.82 Å². The molecule has 2 heterocycles. The molecule has 1 aliphatic rings. The zero-order valence-corrected chi connectivity index (χ0v) is 26.6. The molecule has 47 heavy (non-hydrogen) atoms. The van der Waals surface area contributed by atoms with Crippen LogP contribution in [-0.2, 0) is 25.6 Å². The first-order valence-corrected chi connectivity index (χ1v) is 14.7. The van der Waals surface area contributed by atoms with Gasteiger partial charge >= 0.3 is 11.9 Å². The van der Waals surface area contributed by atoms with Crippen LogP contribution in [0.2, 0.25) is 0 Å². The standard InChI is InChI=1S/C26H29N3O6.C8H8N4/c1-17-22(25(30)34-4)24(20-11-8-12-21(15-20)29(32)33)23(18(2)27-17)26(31)35-14-13-28(3)16-19-9-6-5-7-10-19;9-11-8-7-4-2-1-3-6(7)5-10-12-8/h5-12,15,24,27H,13-14,16H2,1-4H3;1-5H,9H2,(H,11,12). The van der Waals surface area contributed by atoms with Crippen molar-refractivity contribution >= 4 is 34.2 Å². The first-order chi connectivity index (χ1) is 22.6. The second-order valence-electron chi connectivity index (χ2n) is 10.8. The highest BCUT2D eigenvalue weighted by molar-refractivity contribution is 6.00. The average Bonchev–Trinajstić information content (AvgIpc) is 3.08. The van der Waals surface area contributed by atoms with Gasteiger partial charge in [-0.05, 0) is 32.0 Å². The lowest BCUT2D eigenvalue weighted by molar-refractivity contribution is -0.384. The number of carbonyl (C=O) groups excluding carboxylic acids is 2. The number of anilines is 1. The summed E-state index contributed by atoms with van der Waals surface area (Å²) in [5.74, 6) is 3.76. The van der Waals surface area contributed by atoms with E-state index in [1.165, 1.54) is 25.3 Å². The van der Waals surface area contributed by atoms with Crippen molar-refractivity contribution in [2.45, 2.75) is 26.3 Å². The molecule has 0 spiro atoms. The van der Waals surface area contributed by atoms with Gasteiger partial charge in [0.05, 0.1) is 35.3 Å². The lowest BCUT2D eigenvalue weighted by Crippen LogP contribution is -2.33. The van der Waals surface area contributed by atoms with E-state index in [4.69, 9.17) is 15.3 Å². The first kappa shape index (κ1) is 34.2. The molecule has 4 aromatic rings. The predicted molar refractivity (Wildman–Crippen MR) is 177 cm³/mol. The molecule has 13 nitrogen and oxygen atoms in total. The maximum absolute atomic E-state index is 13.3. The van der Waals surface area contributed by atoms with Crippen molar-refractivity contribution < 1.29 is 24.0 Å². The van der Waals surface area contributed by atoms with Crippen LogP contribution < -0.4 is 16.6 Å². The van der Waals surface area contributed by atoms with Gasteiger partial charge in [-0.15, -0.1) is 5.10 Å². The smallest absolute Gasteiger partial charge is 0.336 e. The number of hydrogen-bond acceptors (Lipinski definition) is 12. The molecule has 0 bridgehead atoms. The van der Waals surface area contributed by atoms with Gasteiger partial charge in [0, 0.05) is 47.4 Å². The molecule has 5 rings (SSSR count). The Morgan fingerprint density at radius 2 is 1.68 bits per heavy atom. The number of non-ortho nitro benzene ring substituents is 1. The SMILES string of the molecule is COC(=O)C1=C(C)NC(C)=C(C(=O)OCCN(C)Cc2ccccc2)C1c1cccc([N+](=O)[O-])c1.NNc1nncc2ccccc12. The monoisotopic (exact) mass is 639 g/mol. The lowest BCUT2D eigenvalue weighted by Gasteiger charge is -2.30. The number of carbonyl (C=O) groups is 2. The number of nitro groups is 1. The zero-order chi connectivity index (χ0) is 33.9. The van der Waals surface area contributed by atoms with E-state index in [0.717, 1.165) is 16.3 Å². The Labute approximate surface area is 272 Å². The van der Waals surface area contributed by atoms with Crippen molar-refractivity contribution in [2.75, 3.05) is 32.7 Å². The summed E-state index contributed by atoms with van der Waals surface area (Å²) in [6.45, 7) is 4.74. The Bertz CT molecular complexity index is 1800. The van der Waals surface area contributed by atoms with Gasteiger partial charge in [0.2, 0.25) is 0 Å². The van der Waals surface area contributed by atoms with Crippen molar-refractivity contribution in [2.24, 2.45) is 5.84 Å². The Morgan fingerprint density at radius 3 is 2.36 bits per heavy atom. The van der Waals surface area contributed by atoms with Crippen LogP contribution in [0.5, 0.6) is 0 Å². The summed E-state index contributed by atoms with van der Waals surface area (Å²) in [7, 11) is 3.18. The molecule has 3 aromatic carbocycles. The molecule has 0 saturated heterocycles. The minimum Gasteiger partial charge on any atom is -0.466 e. The van der Waals surface area contributed by atoms with Crippen molar-refractivity contribution in [1.82, 2.24) is 20.4 Å². The van der Waals surface area contributed by atoms with Gasteiger partial charge in [-0.25, -0.2) is 15.4 Å². The van der Waals surface area contributed by atoms with E-state index in [1.54, 1.807) is 26.1 Å². The fourth-order valence-electron chi connectivity index (χ4n) is 5.28. The topological polar surface area (TPSA) is 175 Å². The summed E-state index contributed by atoms with van der Waals surface area (Å²) in [5.41, 5.74) is 5.35. The molecule has 13 heteroatoms. The number of benzene rings is 3. The van der Waals surface area contributed by atoms with E-state index in [9.17, 15) is 19.7 Å². The highest BCUT2D eigenvalue weighted by Crippen LogP contribution is 2.40. The van der Waals surface area contributed by atoms with Crippen LogP contribution in [0.3, 0.4) is 0 Å². The molecule has 0 fully saturated rings. The number of methoxy groups -OCH3 is 1. The van der Waals surface area contributed by atoms with Crippen molar-refractivity contribution in [3.63, 3.8) is 0 Å². The maximum atomic E-state index is 13.3. The lowest BCUT2D eigenvalue weighted by atomic mass is 9.80. The molecule has 0 radical (unpaired) electrons. The van der Waals surface area contributed by atoms with E-state index in [2.05, 4.69) is 20.9 Å². The number of likely N-dealkylation sites (N-methyl/N-ethyl adjacent to an activating group) is 1. The van der Waals surface area contributed by atoms with Crippen LogP contribution in [0.1, 0.15) is 30.9 Å². The summed E-state index contributed by atoms with van der Waals surface area (Å²) in [6, 6.07) is 23.6. The van der Waals surface area contributed by atoms with E-state index < -0.39 is 22.8 Å². The van der Waals surface area contributed by atoms with Crippen LogP contribution in [0.4, 0.5) is 11.5 Å². The van der Waals surface area contributed by atoms with Crippen LogP contribution >= 0.6 is 0 Å². The zero-order valence-electron chi connectivity index (χ0n) is 26.6. The van der Waals surface area contributed by atoms with Crippen molar-refractivity contribution in [3.8, 4) is 0 Å². The van der Waals surface area contributed by atoms with E-state index in [0.29, 0.717) is 35.9 Å². The van der Waals surface area contributed by atoms with Gasteiger partial charge in [-0.3, -0.25) is 15.0 Å². The number of aromatic nitrogens is 2. The number of fused-ring (bicyclic) bond motifs is 1. The molecule has 1 aliphatic heterocycles. The summed E-state index contributed by atoms with van der Waals surface area (Å²) < 4.78 is 10.6. The maximum Gasteiger partial charge on any atom is 0.336 e. The van der Waals surface area contributed by atoms with Gasteiger partial charge < -0.3 is 20.2 Å². The number of rotatable bonds is 10. The number of nitrogens with one attached hydrogen (secondary N) is 2. The third-order valence-electron chi connectivity index (χ3n) is 7.51. The molecule has 0 aliphatic carbocycles. The number of allylic oxidation sites excluding steroid dienone is 2. The number of esters is 2. The molecule has 1 atom stereocenters. The third-order valence-corrected chi connectivity index (χ3v) is 7.51. The molecular weight excluding hydrogens is 602 g/mol. The van der Waals surface area contributed by atoms with Crippen LogP contribution in [0, 0.1) is 10.1 Å². The second-order valence-corrected chi connectivity index (χ2v) is 10.8. The van der Waals surface area contributed by atoms with Crippen LogP contribution in [0.15, 0.2) is 108 Å². The second kappa shape index (κ2) is 16.1. The number of nitrogens with two attached hydrogens (primary N) is 1. The highest BCUT2D eigenvalue weighted by Gasteiger charge is 2.38. The van der Waals surface area contributed by atoms with E-state index in [1.807, 2.05) is 66.5 Å². The van der Waals surface area contributed by atoms with Crippen molar-refractivity contribution in [1.29, 1.82) is 0 Å². The van der Waals surface area contributed by atoms with Gasteiger partial charge in [-0.2, -0.15) is 5.10 Å². The number of hydrogen-bond donors (Lipinski definition) is 3. The fourth-order valence-corrected chi connectivity index (χ4v) is 5.28. The summed E-state index contributed by atoms with van der Waals surface area (Å²) in [5, 5.41) is 24.1. The quantitative estimate of drug-likeness (QED) is 0.0954. The summed E-state index contributed by atoms with van der Waals surface area (Å²) >= 11 is 0. The molecule has 1 aromatic heterocycles.